The minimum Gasteiger partial charge on any atom is -0.480 e. The monoisotopic (exact) mass is 267 g/mol. The number of carbonyl (C=O) groups is 2. The van der Waals surface area contributed by atoms with E-state index in [0.717, 1.165) is 12.8 Å². The second kappa shape index (κ2) is 5.52. The second-order valence-corrected chi connectivity index (χ2v) is 5.68. The van der Waals surface area contributed by atoms with E-state index in [0.29, 0.717) is 11.3 Å². The summed E-state index contributed by atoms with van der Waals surface area (Å²) in [7, 11) is 0. The number of fused-ring (bicyclic) bond motifs is 1. The normalized spacial score (nSPS) is 15.8. The van der Waals surface area contributed by atoms with Crippen LogP contribution in [0.2, 0.25) is 0 Å². The largest absolute Gasteiger partial charge is 0.480 e. The zero-order valence-electron chi connectivity index (χ0n) is 10.4. The predicted molar refractivity (Wildman–Crippen MR) is 70.1 cm³/mol. The summed E-state index contributed by atoms with van der Waals surface area (Å²) in [6, 6.07) is 1.12. The molecule has 1 aliphatic carbocycles. The van der Waals surface area contributed by atoms with Crippen LogP contribution in [0.15, 0.2) is 6.07 Å². The molecule has 1 aliphatic rings. The number of carboxylic acid groups (broad SMARTS) is 1. The van der Waals surface area contributed by atoms with Crippen LogP contribution in [-0.2, 0) is 17.6 Å². The van der Waals surface area contributed by atoms with Crippen LogP contribution in [0.3, 0.4) is 0 Å². The van der Waals surface area contributed by atoms with Gasteiger partial charge in [0.15, 0.2) is 0 Å². The molecule has 1 unspecified atom stereocenters. The molecule has 0 radical (unpaired) electrons. The topological polar surface area (TPSA) is 66.4 Å². The van der Waals surface area contributed by atoms with E-state index in [1.165, 1.54) is 34.6 Å². The summed E-state index contributed by atoms with van der Waals surface area (Å²) in [5.41, 5.74) is 1.26. The smallest absolute Gasteiger partial charge is 0.326 e. The Labute approximate surface area is 110 Å². The molecule has 0 spiro atoms. The molecule has 0 aliphatic heterocycles. The molecule has 1 amide bonds. The van der Waals surface area contributed by atoms with Crippen molar-refractivity contribution in [3.05, 3.63) is 21.4 Å². The van der Waals surface area contributed by atoms with Gasteiger partial charge in [-0.05, 0) is 43.7 Å². The van der Waals surface area contributed by atoms with Gasteiger partial charge in [-0.25, -0.2) is 4.79 Å². The van der Waals surface area contributed by atoms with Crippen LogP contribution >= 0.6 is 11.3 Å². The first kappa shape index (κ1) is 13.1. The summed E-state index contributed by atoms with van der Waals surface area (Å²) < 4.78 is 0. The molecule has 1 heterocycles. The lowest BCUT2D eigenvalue weighted by molar-refractivity contribution is -0.139. The van der Waals surface area contributed by atoms with Crippen molar-refractivity contribution in [3.63, 3.8) is 0 Å². The molecule has 4 nitrogen and oxygen atoms in total. The molecule has 1 aromatic heterocycles. The molecule has 2 rings (SSSR count). The number of nitrogens with one attached hydrogen (secondary N) is 1. The zero-order valence-corrected chi connectivity index (χ0v) is 11.2. The first-order valence-electron chi connectivity index (χ1n) is 6.27. The Morgan fingerprint density at radius 1 is 1.44 bits per heavy atom. The standard InChI is InChI=1S/C13H17NO3S/c1-2-9(13(16)17)14-12(15)11-7-8-5-3-4-6-10(8)18-11/h7,9H,2-6H2,1H3,(H,14,15)(H,16,17). The minimum atomic E-state index is -0.979. The van der Waals surface area contributed by atoms with E-state index in [-0.39, 0.29) is 5.91 Å². The van der Waals surface area contributed by atoms with Crippen LogP contribution in [0, 0.1) is 0 Å². The van der Waals surface area contributed by atoms with Crippen molar-refractivity contribution in [2.75, 3.05) is 0 Å². The Balaban J connectivity index is 2.09. The molecule has 0 fully saturated rings. The Morgan fingerprint density at radius 3 is 2.78 bits per heavy atom. The second-order valence-electron chi connectivity index (χ2n) is 4.54. The van der Waals surface area contributed by atoms with Gasteiger partial charge in [-0.1, -0.05) is 6.92 Å². The Hall–Kier alpha value is -1.36. The lowest BCUT2D eigenvalue weighted by Gasteiger charge is -2.10. The molecule has 0 saturated heterocycles. The zero-order chi connectivity index (χ0) is 13.1. The summed E-state index contributed by atoms with van der Waals surface area (Å²) in [4.78, 5) is 24.8. The summed E-state index contributed by atoms with van der Waals surface area (Å²) in [6.07, 6.45) is 4.84. The highest BCUT2D eigenvalue weighted by Gasteiger charge is 2.21. The van der Waals surface area contributed by atoms with Crippen molar-refractivity contribution in [2.45, 2.75) is 45.1 Å². The fourth-order valence-electron chi connectivity index (χ4n) is 2.17. The van der Waals surface area contributed by atoms with Gasteiger partial charge in [-0.2, -0.15) is 0 Å². The molecule has 18 heavy (non-hydrogen) atoms. The van der Waals surface area contributed by atoms with Gasteiger partial charge in [0.2, 0.25) is 0 Å². The van der Waals surface area contributed by atoms with E-state index in [4.69, 9.17) is 5.11 Å². The number of thiophene rings is 1. The molecule has 0 saturated carbocycles. The molecular weight excluding hydrogens is 250 g/mol. The lowest BCUT2D eigenvalue weighted by Crippen LogP contribution is -2.39. The van der Waals surface area contributed by atoms with Crippen LogP contribution in [0.25, 0.3) is 0 Å². The van der Waals surface area contributed by atoms with Gasteiger partial charge >= 0.3 is 5.97 Å². The maximum atomic E-state index is 12.0. The third kappa shape index (κ3) is 2.72. The van der Waals surface area contributed by atoms with Gasteiger partial charge in [0.25, 0.3) is 5.91 Å². The average Bonchev–Trinajstić information content (AvgIpc) is 2.79. The maximum absolute atomic E-state index is 12.0. The first-order valence-corrected chi connectivity index (χ1v) is 7.08. The summed E-state index contributed by atoms with van der Waals surface area (Å²) in [5.74, 6) is -1.24. The van der Waals surface area contributed by atoms with Crippen LogP contribution < -0.4 is 5.32 Å². The maximum Gasteiger partial charge on any atom is 0.326 e. The van der Waals surface area contributed by atoms with E-state index in [1.54, 1.807) is 6.92 Å². The van der Waals surface area contributed by atoms with Crippen molar-refractivity contribution >= 4 is 23.2 Å². The molecule has 0 aromatic carbocycles. The number of carbonyl (C=O) groups excluding carboxylic acids is 1. The van der Waals surface area contributed by atoms with E-state index >= 15 is 0 Å². The third-order valence-corrected chi connectivity index (χ3v) is 4.47. The SMILES string of the molecule is CCC(NC(=O)c1cc2c(s1)CCCC2)C(=O)O. The fraction of sp³-hybridized carbons (Fsp3) is 0.538. The Bertz CT molecular complexity index is 443. The number of aliphatic carboxylic acids is 1. The van der Waals surface area contributed by atoms with Crippen LogP contribution in [0.4, 0.5) is 0 Å². The van der Waals surface area contributed by atoms with E-state index < -0.39 is 12.0 Å². The lowest BCUT2D eigenvalue weighted by atomic mass is 9.99. The molecule has 98 valence electrons. The van der Waals surface area contributed by atoms with Crippen LogP contribution in [-0.4, -0.2) is 23.0 Å². The van der Waals surface area contributed by atoms with Gasteiger partial charge in [-0.15, -0.1) is 11.3 Å². The molecule has 2 N–H and O–H groups in total. The molecule has 5 heteroatoms. The van der Waals surface area contributed by atoms with Crippen molar-refractivity contribution in [2.24, 2.45) is 0 Å². The van der Waals surface area contributed by atoms with E-state index in [9.17, 15) is 9.59 Å². The Kier molecular flexibility index (Phi) is 4.01. The Morgan fingerprint density at radius 2 is 2.17 bits per heavy atom. The van der Waals surface area contributed by atoms with E-state index in [1.807, 2.05) is 6.07 Å². The van der Waals surface area contributed by atoms with Crippen LogP contribution in [0.5, 0.6) is 0 Å². The number of hydrogen-bond acceptors (Lipinski definition) is 3. The van der Waals surface area contributed by atoms with Crippen LogP contribution in [0.1, 0.15) is 46.3 Å². The first-order chi connectivity index (χ1) is 8.61. The minimum absolute atomic E-state index is 0.261. The van der Waals surface area contributed by atoms with Gasteiger partial charge in [0.05, 0.1) is 4.88 Å². The fourth-order valence-corrected chi connectivity index (χ4v) is 3.33. The number of carboxylic acids is 1. The molecule has 0 bridgehead atoms. The summed E-state index contributed by atoms with van der Waals surface area (Å²) >= 11 is 1.50. The number of rotatable bonds is 4. The van der Waals surface area contributed by atoms with Crippen molar-refractivity contribution in [3.8, 4) is 0 Å². The third-order valence-electron chi connectivity index (χ3n) is 3.23. The predicted octanol–water partition coefficient (Wildman–Crippen LogP) is 2.22. The van der Waals surface area contributed by atoms with Gasteiger partial charge < -0.3 is 10.4 Å². The summed E-state index contributed by atoms with van der Waals surface area (Å²) in [6.45, 7) is 1.75. The van der Waals surface area contributed by atoms with Gasteiger partial charge in [-0.3, -0.25) is 4.79 Å². The number of hydrogen-bond donors (Lipinski definition) is 2. The van der Waals surface area contributed by atoms with Crippen molar-refractivity contribution < 1.29 is 14.7 Å². The quantitative estimate of drug-likeness (QED) is 0.879. The highest BCUT2D eigenvalue weighted by atomic mass is 32.1. The molecular formula is C13H17NO3S. The highest BCUT2D eigenvalue weighted by molar-refractivity contribution is 7.14. The van der Waals surface area contributed by atoms with Crippen molar-refractivity contribution in [1.82, 2.24) is 5.32 Å². The van der Waals surface area contributed by atoms with Crippen molar-refractivity contribution in [1.29, 1.82) is 0 Å². The number of amides is 1. The van der Waals surface area contributed by atoms with Gasteiger partial charge in [0, 0.05) is 4.88 Å². The van der Waals surface area contributed by atoms with E-state index in [2.05, 4.69) is 5.32 Å². The number of aryl methyl sites for hydroxylation is 2. The molecule has 1 atom stereocenters. The molecule has 1 aromatic rings. The van der Waals surface area contributed by atoms with Gasteiger partial charge in [0.1, 0.15) is 6.04 Å². The average molecular weight is 267 g/mol. The highest BCUT2D eigenvalue weighted by Crippen LogP contribution is 2.29. The summed E-state index contributed by atoms with van der Waals surface area (Å²) in [5, 5.41) is 11.5.